The molecule has 0 saturated heterocycles. The van der Waals surface area contributed by atoms with E-state index >= 15 is 0 Å². The van der Waals surface area contributed by atoms with Gasteiger partial charge in [0.15, 0.2) is 0 Å². The summed E-state index contributed by atoms with van der Waals surface area (Å²) in [6.07, 6.45) is 3.00. The lowest BCUT2D eigenvalue weighted by Crippen LogP contribution is -2.20. The summed E-state index contributed by atoms with van der Waals surface area (Å²) in [6.45, 7) is 0.427. The van der Waals surface area contributed by atoms with Crippen LogP contribution in [-0.4, -0.2) is 5.91 Å². The van der Waals surface area contributed by atoms with E-state index < -0.39 is 0 Å². The summed E-state index contributed by atoms with van der Waals surface area (Å²) in [6, 6.07) is 12.5. The first-order valence-electron chi connectivity index (χ1n) is 6.20. The SMILES string of the molecule is O=C(C=Cc1c(Cl)cccc1Cl)NCc1ccc(Cl)cc1. The third kappa shape index (κ3) is 4.78. The minimum Gasteiger partial charge on any atom is -0.348 e. The van der Waals surface area contributed by atoms with E-state index in [1.54, 1.807) is 36.4 Å². The fourth-order valence-corrected chi connectivity index (χ4v) is 2.33. The highest BCUT2D eigenvalue weighted by Gasteiger charge is 2.02. The zero-order chi connectivity index (χ0) is 15.2. The third-order valence-corrected chi connectivity index (χ3v) is 3.69. The molecule has 5 heteroatoms. The highest BCUT2D eigenvalue weighted by Crippen LogP contribution is 2.25. The molecule has 0 atom stereocenters. The molecule has 21 heavy (non-hydrogen) atoms. The monoisotopic (exact) mass is 339 g/mol. The first kappa shape index (κ1) is 15.9. The molecule has 0 heterocycles. The van der Waals surface area contributed by atoms with Gasteiger partial charge in [0.25, 0.3) is 0 Å². The van der Waals surface area contributed by atoms with Crippen molar-refractivity contribution in [2.75, 3.05) is 0 Å². The van der Waals surface area contributed by atoms with Crippen LogP contribution in [0.4, 0.5) is 0 Å². The number of hydrogen-bond acceptors (Lipinski definition) is 1. The first-order chi connectivity index (χ1) is 10.1. The van der Waals surface area contributed by atoms with Gasteiger partial charge in [0.1, 0.15) is 0 Å². The van der Waals surface area contributed by atoms with Crippen LogP contribution >= 0.6 is 34.8 Å². The predicted molar refractivity (Wildman–Crippen MR) is 88.8 cm³/mol. The van der Waals surface area contributed by atoms with Crippen LogP contribution in [0.3, 0.4) is 0 Å². The summed E-state index contributed by atoms with van der Waals surface area (Å²) in [5.74, 6) is -0.221. The van der Waals surface area contributed by atoms with Gasteiger partial charge in [-0.25, -0.2) is 0 Å². The molecule has 0 unspecified atom stereocenters. The summed E-state index contributed by atoms with van der Waals surface area (Å²) in [4.78, 5) is 11.8. The fourth-order valence-electron chi connectivity index (χ4n) is 1.68. The van der Waals surface area contributed by atoms with Gasteiger partial charge < -0.3 is 5.32 Å². The Kier molecular flexibility index (Phi) is 5.68. The van der Waals surface area contributed by atoms with Crippen molar-refractivity contribution in [2.45, 2.75) is 6.54 Å². The van der Waals surface area contributed by atoms with E-state index in [-0.39, 0.29) is 5.91 Å². The molecule has 1 amide bonds. The lowest BCUT2D eigenvalue weighted by Gasteiger charge is -2.03. The first-order valence-corrected chi connectivity index (χ1v) is 7.34. The molecular formula is C16H12Cl3NO. The Morgan fingerprint density at radius 1 is 1.00 bits per heavy atom. The molecule has 2 aromatic rings. The molecular weight excluding hydrogens is 329 g/mol. The van der Waals surface area contributed by atoms with Crippen molar-refractivity contribution in [3.05, 3.63) is 74.7 Å². The third-order valence-electron chi connectivity index (χ3n) is 2.78. The molecule has 0 spiro atoms. The molecule has 2 nitrogen and oxygen atoms in total. The predicted octanol–water partition coefficient (Wildman–Crippen LogP) is 4.98. The Morgan fingerprint density at radius 3 is 2.24 bits per heavy atom. The van der Waals surface area contributed by atoms with Crippen molar-refractivity contribution < 1.29 is 4.79 Å². The van der Waals surface area contributed by atoms with Gasteiger partial charge in [-0.2, -0.15) is 0 Å². The highest BCUT2D eigenvalue weighted by molar-refractivity contribution is 6.37. The van der Waals surface area contributed by atoms with Gasteiger partial charge in [0.05, 0.1) is 0 Å². The summed E-state index contributed by atoms with van der Waals surface area (Å²) >= 11 is 17.8. The summed E-state index contributed by atoms with van der Waals surface area (Å²) in [7, 11) is 0. The molecule has 2 aromatic carbocycles. The van der Waals surface area contributed by atoms with Crippen LogP contribution in [-0.2, 0) is 11.3 Å². The maximum absolute atomic E-state index is 11.8. The fraction of sp³-hybridized carbons (Fsp3) is 0.0625. The Bertz CT molecular complexity index is 645. The van der Waals surface area contributed by atoms with E-state index in [1.807, 2.05) is 12.1 Å². The summed E-state index contributed by atoms with van der Waals surface area (Å²) in [5, 5.41) is 4.45. The van der Waals surface area contributed by atoms with Crippen molar-refractivity contribution in [1.29, 1.82) is 0 Å². The van der Waals surface area contributed by atoms with Gasteiger partial charge in [-0.1, -0.05) is 53.0 Å². The van der Waals surface area contributed by atoms with Gasteiger partial charge in [0.2, 0.25) is 5.91 Å². The zero-order valence-corrected chi connectivity index (χ0v) is 13.2. The van der Waals surface area contributed by atoms with Crippen LogP contribution in [0.5, 0.6) is 0 Å². The molecule has 0 aliphatic carbocycles. The van der Waals surface area contributed by atoms with E-state index in [1.165, 1.54) is 6.08 Å². The Hall–Kier alpha value is -1.48. The van der Waals surface area contributed by atoms with Crippen LogP contribution in [0.25, 0.3) is 6.08 Å². The van der Waals surface area contributed by atoms with Crippen molar-refractivity contribution in [2.24, 2.45) is 0 Å². The van der Waals surface area contributed by atoms with Crippen molar-refractivity contribution in [1.82, 2.24) is 5.32 Å². The molecule has 0 saturated carbocycles. The number of carbonyl (C=O) groups excluding carboxylic acids is 1. The van der Waals surface area contributed by atoms with Gasteiger partial charge >= 0.3 is 0 Å². The average molecular weight is 341 g/mol. The maximum atomic E-state index is 11.8. The summed E-state index contributed by atoms with van der Waals surface area (Å²) < 4.78 is 0. The summed E-state index contributed by atoms with van der Waals surface area (Å²) in [5.41, 5.74) is 1.60. The molecule has 0 fully saturated rings. The van der Waals surface area contributed by atoms with Crippen LogP contribution in [0.2, 0.25) is 15.1 Å². The van der Waals surface area contributed by atoms with E-state index in [9.17, 15) is 4.79 Å². The van der Waals surface area contributed by atoms with Crippen LogP contribution in [0.1, 0.15) is 11.1 Å². The Balaban J connectivity index is 1.95. The lowest BCUT2D eigenvalue weighted by molar-refractivity contribution is -0.116. The molecule has 1 N–H and O–H groups in total. The number of hydrogen-bond donors (Lipinski definition) is 1. The molecule has 0 radical (unpaired) electrons. The van der Waals surface area contributed by atoms with E-state index in [0.717, 1.165) is 5.56 Å². The van der Waals surface area contributed by atoms with Crippen molar-refractivity contribution >= 4 is 46.8 Å². The van der Waals surface area contributed by atoms with E-state index in [4.69, 9.17) is 34.8 Å². The topological polar surface area (TPSA) is 29.1 Å². The molecule has 0 aromatic heterocycles. The lowest BCUT2D eigenvalue weighted by atomic mass is 10.2. The average Bonchev–Trinajstić information content (AvgIpc) is 2.46. The van der Waals surface area contributed by atoms with Crippen LogP contribution in [0, 0.1) is 0 Å². The second-order valence-electron chi connectivity index (χ2n) is 4.31. The number of rotatable bonds is 4. The van der Waals surface area contributed by atoms with Gasteiger partial charge in [-0.05, 0) is 35.9 Å². The van der Waals surface area contributed by atoms with Gasteiger partial charge in [0, 0.05) is 33.3 Å². The van der Waals surface area contributed by atoms with Crippen molar-refractivity contribution in [3.8, 4) is 0 Å². The van der Waals surface area contributed by atoms with Crippen LogP contribution < -0.4 is 5.32 Å². The second-order valence-corrected chi connectivity index (χ2v) is 5.56. The minimum atomic E-state index is -0.221. The van der Waals surface area contributed by atoms with Crippen molar-refractivity contribution in [3.63, 3.8) is 0 Å². The quantitative estimate of drug-likeness (QED) is 0.782. The maximum Gasteiger partial charge on any atom is 0.244 e. The number of halogens is 3. The largest absolute Gasteiger partial charge is 0.348 e. The second kappa shape index (κ2) is 7.51. The minimum absolute atomic E-state index is 0.221. The number of amides is 1. The molecule has 108 valence electrons. The molecule has 0 bridgehead atoms. The molecule has 0 aliphatic heterocycles. The normalized spacial score (nSPS) is 10.8. The smallest absolute Gasteiger partial charge is 0.244 e. The molecule has 2 rings (SSSR count). The number of nitrogens with one attached hydrogen (secondary N) is 1. The zero-order valence-electron chi connectivity index (χ0n) is 10.9. The number of carbonyl (C=O) groups is 1. The van der Waals surface area contributed by atoms with Crippen LogP contribution in [0.15, 0.2) is 48.5 Å². The van der Waals surface area contributed by atoms with E-state index in [0.29, 0.717) is 27.2 Å². The van der Waals surface area contributed by atoms with Gasteiger partial charge in [-0.3, -0.25) is 4.79 Å². The Labute approximate surface area is 138 Å². The van der Waals surface area contributed by atoms with Gasteiger partial charge in [-0.15, -0.1) is 0 Å². The standard InChI is InChI=1S/C16H12Cl3NO/c17-12-6-4-11(5-7-12)10-20-16(21)9-8-13-14(18)2-1-3-15(13)19/h1-9H,10H2,(H,20,21). The van der Waals surface area contributed by atoms with E-state index in [2.05, 4.69) is 5.32 Å². The molecule has 0 aliphatic rings. The number of benzene rings is 2. The Morgan fingerprint density at radius 2 is 1.62 bits per heavy atom. The highest BCUT2D eigenvalue weighted by atomic mass is 35.5.